The van der Waals surface area contributed by atoms with Gasteiger partial charge in [-0.2, -0.15) is 10.4 Å². The summed E-state index contributed by atoms with van der Waals surface area (Å²) in [5.74, 6) is 1.47. The van der Waals surface area contributed by atoms with E-state index >= 15 is 0 Å². The maximum atomic E-state index is 9.16. The Morgan fingerprint density at radius 2 is 2.10 bits per heavy atom. The molecule has 1 unspecified atom stereocenters. The molecule has 1 aromatic heterocycles. The van der Waals surface area contributed by atoms with E-state index in [1.54, 1.807) is 13.2 Å². The molecule has 0 aliphatic carbocycles. The van der Waals surface area contributed by atoms with Crippen molar-refractivity contribution in [1.82, 2.24) is 10.2 Å². The summed E-state index contributed by atoms with van der Waals surface area (Å²) in [5.41, 5.74) is 1.65. The molecule has 108 valence electrons. The zero-order valence-electron chi connectivity index (χ0n) is 12.4. The number of hydrogen-bond donors (Lipinski definition) is 0. The van der Waals surface area contributed by atoms with Crippen LogP contribution in [0.3, 0.4) is 0 Å². The van der Waals surface area contributed by atoms with Crippen molar-refractivity contribution in [3.05, 3.63) is 47.7 Å². The first-order valence-electron chi connectivity index (χ1n) is 6.74. The Bertz CT molecular complexity index is 651. The molecule has 0 saturated heterocycles. The molecule has 5 heteroatoms. The number of benzene rings is 1. The Morgan fingerprint density at radius 1 is 1.33 bits per heavy atom. The second-order valence-corrected chi connectivity index (χ2v) is 4.86. The van der Waals surface area contributed by atoms with E-state index in [2.05, 4.69) is 23.2 Å². The van der Waals surface area contributed by atoms with Crippen LogP contribution in [0.25, 0.3) is 0 Å². The number of methoxy groups -OCH3 is 1. The number of hydrogen-bond acceptors (Lipinski definition) is 5. The highest BCUT2D eigenvalue weighted by Crippen LogP contribution is 2.23. The van der Waals surface area contributed by atoms with Crippen LogP contribution < -0.4 is 9.64 Å². The molecule has 0 spiro atoms. The summed E-state index contributed by atoms with van der Waals surface area (Å²) in [5, 5.41) is 17.1. The smallest absolute Gasteiger partial charge is 0.169 e. The molecule has 1 heterocycles. The van der Waals surface area contributed by atoms with Crippen molar-refractivity contribution < 1.29 is 4.74 Å². The summed E-state index contributed by atoms with van der Waals surface area (Å²) in [6.07, 6.45) is 2.32. The van der Waals surface area contributed by atoms with Gasteiger partial charge in [-0.15, -0.1) is 5.10 Å². The number of anilines is 1. The van der Waals surface area contributed by atoms with Gasteiger partial charge in [0, 0.05) is 13.1 Å². The maximum Gasteiger partial charge on any atom is 0.169 e. The van der Waals surface area contributed by atoms with Crippen LogP contribution in [0.15, 0.2) is 36.5 Å². The molecule has 21 heavy (non-hydrogen) atoms. The molecular weight excluding hydrogens is 264 g/mol. The van der Waals surface area contributed by atoms with Crippen LogP contribution in [0.2, 0.25) is 0 Å². The average Bonchev–Trinajstić information content (AvgIpc) is 2.54. The average molecular weight is 282 g/mol. The number of para-hydroxylation sites is 1. The van der Waals surface area contributed by atoms with E-state index in [4.69, 9.17) is 10.00 Å². The minimum Gasteiger partial charge on any atom is -0.496 e. The van der Waals surface area contributed by atoms with Gasteiger partial charge in [0.1, 0.15) is 11.8 Å². The normalized spacial score (nSPS) is 11.5. The summed E-state index contributed by atoms with van der Waals surface area (Å²) in [6, 6.07) is 11.9. The predicted octanol–water partition coefficient (Wildman–Crippen LogP) is 2.42. The van der Waals surface area contributed by atoms with Crippen LogP contribution in [0.1, 0.15) is 18.1 Å². The summed E-state index contributed by atoms with van der Waals surface area (Å²) >= 11 is 0. The monoisotopic (exact) mass is 282 g/mol. The van der Waals surface area contributed by atoms with Crippen LogP contribution >= 0.6 is 0 Å². The zero-order chi connectivity index (χ0) is 15.2. The summed E-state index contributed by atoms with van der Waals surface area (Å²) in [7, 11) is 3.59. The first kappa shape index (κ1) is 14.8. The Labute approximate surface area is 124 Å². The molecule has 0 saturated carbocycles. The molecule has 2 rings (SSSR count). The van der Waals surface area contributed by atoms with Gasteiger partial charge in [0.15, 0.2) is 5.82 Å². The standard InChI is InChI=1S/C16H18N4O/c1-12(10-13-6-4-5-7-15(13)21-3)20(2)16-14(11-17)8-9-18-19-16/h4-9,12H,10H2,1-3H3. The lowest BCUT2D eigenvalue weighted by atomic mass is 10.0. The Balaban J connectivity index is 2.20. The van der Waals surface area contributed by atoms with Gasteiger partial charge in [0.05, 0.1) is 18.9 Å². The lowest BCUT2D eigenvalue weighted by Crippen LogP contribution is -2.32. The van der Waals surface area contributed by atoms with Gasteiger partial charge in [-0.25, -0.2) is 0 Å². The highest BCUT2D eigenvalue weighted by molar-refractivity contribution is 5.52. The Kier molecular flexibility index (Phi) is 4.72. The molecule has 0 aliphatic rings. The summed E-state index contributed by atoms with van der Waals surface area (Å²) in [6.45, 7) is 2.09. The van der Waals surface area contributed by atoms with Crippen LogP contribution in [-0.2, 0) is 6.42 Å². The van der Waals surface area contributed by atoms with E-state index in [0.29, 0.717) is 11.4 Å². The number of nitriles is 1. The first-order valence-corrected chi connectivity index (χ1v) is 6.74. The van der Waals surface area contributed by atoms with Crippen molar-refractivity contribution in [2.24, 2.45) is 0 Å². The lowest BCUT2D eigenvalue weighted by Gasteiger charge is -2.26. The second-order valence-electron chi connectivity index (χ2n) is 4.86. The van der Waals surface area contributed by atoms with E-state index in [0.717, 1.165) is 17.7 Å². The largest absolute Gasteiger partial charge is 0.496 e. The minimum absolute atomic E-state index is 0.157. The highest BCUT2D eigenvalue weighted by Gasteiger charge is 2.17. The van der Waals surface area contributed by atoms with Crippen molar-refractivity contribution in [2.75, 3.05) is 19.1 Å². The van der Waals surface area contributed by atoms with E-state index in [-0.39, 0.29) is 6.04 Å². The van der Waals surface area contributed by atoms with Gasteiger partial charge in [-0.3, -0.25) is 0 Å². The van der Waals surface area contributed by atoms with Crippen molar-refractivity contribution in [1.29, 1.82) is 5.26 Å². The van der Waals surface area contributed by atoms with E-state index in [1.807, 2.05) is 36.2 Å². The molecule has 1 atom stereocenters. The third-order valence-electron chi connectivity index (χ3n) is 3.52. The van der Waals surface area contributed by atoms with Crippen molar-refractivity contribution >= 4 is 5.82 Å². The number of ether oxygens (including phenoxy) is 1. The molecule has 0 fully saturated rings. The van der Waals surface area contributed by atoms with Crippen LogP contribution in [0.5, 0.6) is 5.75 Å². The topological polar surface area (TPSA) is 62.0 Å². The molecule has 2 aromatic rings. The molecule has 0 bridgehead atoms. The van der Waals surface area contributed by atoms with Gasteiger partial charge in [0.2, 0.25) is 0 Å². The van der Waals surface area contributed by atoms with Gasteiger partial charge in [-0.05, 0) is 31.0 Å². The molecule has 1 aromatic carbocycles. The van der Waals surface area contributed by atoms with Crippen LogP contribution in [0.4, 0.5) is 5.82 Å². The quantitative estimate of drug-likeness (QED) is 0.842. The predicted molar refractivity (Wildman–Crippen MR) is 81.3 cm³/mol. The fourth-order valence-corrected chi connectivity index (χ4v) is 2.21. The molecule has 0 N–H and O–H groups in total. The van der Waals surface area contributed by atoms with Crippen LogP contribution in [-0.4, -0.2) is 30.4 Å². The molecule has 5 nitrogen and oxygen atoms in total. The lowest BCUT2D eigenvalue weighted by molar-refractivity contribution is 0.408. The van der Waals surface area contributed by atoms with E-state index < -0.39 is 0 Å². The molecule has 0 amide bonds. The third-order valence-corrected chi connectivity index (χ3v) is 3.52. The number of nitrogens with zero attached hydrogens (tertiary/aromatic N) is 4. The SMILES string of the molecule is COc1ccccc1CC(C)N(C)c1nnccc1C#N. The summed E-state index contributed by atoms with van der Waals surface area (Å²) in [4.78, 5) is 1.97. The highest BCUT2D eigenvalue weighted by atomic mass is 16.5. The second kappa shape index (κ2) is 6.71. The maximum absolute atomic E-state index is 9.16. The minimum atomic E-state index is 0.157. The molecule has 0 radical (unpaired) electrons. The van der Waals surface area contributed by atoms with Crippen molar-refractivity contribution in [2.45, 2.75) is 19.4 Å². The molecular formula is C16H18N4O. The Morgan fingerprint density at radius 3 is 2.81 bits per heavy atom. The summed E-state index contributed by atoms with van der Waals surface area (Å²) < 4.78 is 5.38. The molecule has 0 aliphatic heterocycles. The third kappa shape index (κ3) is 3.29. The number of aromatic nitrogens is 2. The van der Waals surface area contributed by atoms with Crippen molar-refractivity contribution in [3.63, 3.8) is 0 Å². The fourth-order valence-electron chi connectivity index (χ4n) is 2.21. The van der Waals surface area contributed by atoms with E-state index in [9.17, 15) is 0 Å². The van der Waals surface area contributed by atoms with Gasteiger partial charge in [-0.1, -0.05) is 18.2 Å². The first-order chi connectivity index (χ1) is 10.2. The van der Waals surface area contributed by atoms with Gasteiger partial charge >= 0.3 is 0 Å². The zero-order valence-corrected chi connectivity index (χ0v) is 12.4. The number of rotatable bonds is 5. The van der Waals surface area contributed by atoms with Crippen molar-refractivity contribution in [3.8, 4) is 11.8 Å². The number of likely N-dealkylation sites (N-methyl/N-ethyl adjacent to an activating group) is 1. The fraction of sp³-hybridized carbons (Fsp3) is 0.312. The van der Waals surface area contributed by atoms with E-state index in [1.165, 1.54) is 6.20 Å². The van der Waals surface area contributed by atoms with Gasteiger partial charge < -0.3 is 9.64 Å². The van der Waals surface area contributed by atoms with Gasteiger partial charge in [0.25, 0.3) is 0 Å². The van der Waals surface area contributed by atoms with Crippen LogP contribution in [0, 0.1) is 11.3 Å². The Hall–Kier alpha value is -2.61.